The van der Waals surface area contributed by atoms with Crippen LogP contribution in [-0.2, 0) is 12.5 Å². The van der Waals surface area contributed by atoms with Crippen molar-refractivity contribution in [1.29, 1.82) is 0 Å². The van der Waals surface area contributed by atoms with E-state index in [1.807, 2.05) is 0 Å². The summed E-state index contributed by atoms with van der Waals surface area (Å²) in [5, 5.41) is 0. The minimum atomic E-state index is 0.184. The van der Waals surface area contributed by atoms with Crippen molar-refractivity contribution < 1.29 is 4.57 Å². The fraction of sp³-hybridized carbons (Fsp3) is 0.522. The number of hydrogen-bond acceptors (Lipinski definition) is 0. The number of hydrogen-bond donors (Lipinski definition) is 0. The maximum absolute atomic E-state index is 2.38. The minimum Gasteiger partial charge on any atom is -0.201 e. The number of benzene rings is 1. The summed E-state index contributed by atoms with van der Waals surface area (Å²) in [6.45, 7) is 9.08. The summed E-state index contributed by atoms with van der Waals surface area (Å²) in [5.74, 6) is 0.765. The molecule has 1 heterocycles. The maximum Gasteiger partial charge on any atom is 0.212 e. The van der Waals surface area contributed by atoms with Crippen molar-refractivity contribution in [2.75, 3.05) is 0 Å². The zero-order valence-corrected chi connectivity index (χ0v) is 16.0. The molecule has 2 aromatic rings. The van der Waals surface area contributed by atoms with Crippen LogP contribution in [-0.4, -0.2) is 0 Å². The molecule has 1 fully saturated rings. The van der Waals surface area contributed by atoms with Gasteiger partial charge in [0, 0.05) is 17.2 Å². The lowest BCUT2D eigenvalue weighted by atomic mass is 9.83. The quantitative estimate of drug-likeness (QED) is 0.612. The average molecular weight is 323 g/mol. The molecule has 0 radical (unpaired) electrons. The first-order valence-electron chi connectivity index (χ1n) is 9.47. The van der Waals surface area contributed by atoms with Gasteiger partial charge in [0.05, 0.1) is 0 Å². The minimum absolute atomic E-state index is 0.184. The molecule has 0 atom stereocenters. The first-order chi connectivity index (χ1) is 11.4. The molecule has 0 unspecified atom stereocenters. The fourth-order valence-corrected chi connectivity index (χ4v) is 3.95. The van der Waals surface area contributed by atoms with Crippen LogP contribution in [0.2, 0.25) is 0 Å². The normalized spacial score (nSPS) is 16.4. The van der Waals surface area contributed by atoms with E-state index in [2.05, 4.69) is 75.8 Å². The van der Waals surface area contributed by atoms with E-state index in [1.54, 1.807) is 0 Å². The molecule has 1 nitrogen and oxygen atoms in total. The SMILES string of the molecule is Cc1ccc(C(C)(C)C)cc1-c1ccc(C2CCCCC2)c[n+]1C. The largest absolute Gasteiger partial charge is 0.212 e. The smallest absolute Gasteiger partial charge is 0.201 e. The Bertz CT molecular complexity index is 715. The monoisotopic (exact) mass is 322 g/mol. The van der Waals surface area contributed by atoms with Crippen LogP contribution in [0.5, 0.6) is 0 Å². The summed E-state index contributed by atoms with van der Waals surface area (Å²) in [4.78, 5) is 0. The second-order valence-electron chi connectivity index (χ2n) is 8.57. The Morgan fingerprint density at radius 1 is 0.958 bits per heavy atom. The standard InChI is InChI=1S/C23H32N/c1-17-11-13-20(23(2,3)4)15-21(17)22-14-12-19(16-24(22)5)18-9-7-6-8-10-18/h11-16,18H,6-10H2,1-5H3/q+1. The van der Waals surface area contributed by atoms with Crippen molar-refractivity contribution in [3.05, 3.63) is 53.2 Å². The molecular formula is C23H32N+. The molecular weight excluding hydrogens is 290 g/mol. The molecule has 1 aliphatic carbocycles. The average Bonchev–Trinajstić information content (AvgIpc) is 2.55. The first-order valence-corrected chi connectivity index (χ1v) is 9.47. The molecule has 1 aromatic heterocycles. The third-order valence-corrected chi connectivity index (χ3v) is 5.61. The number of aryl methyl sites for hydroxylation is 2. The highest BCUT2D eigenvalue weighted by molar-refractivity contribution is 5.62. The van der Waals surface area contributed by atoms with Crippen LogP contribution in [0.3, 0.4) is 0 Å². The summed E-state index contributed by atoms with van der Waals surface area (Å²) < 4.78 is 2.33. The van der Waals surface area contributed by atoms with Gasteiger partial charge in [0.25, 0.3) is 0 Å². The van der Waals surface area contributed by atoms with Crippen molar-refractivity contribution >= 4 is 0 Å². The summed E-state index contributed by atoms with van der Waals surface area (Å²) >= 11 is 0. The van der Waals surface area contributed by atoms with Gasteiger partial charge in [0.1, 0.15) is 7.05 Å². The van der Waals surface area contributed by atoms with E-state index in [4.69, 9.17) is 0 Å². The van der Waals surface area contributed by atoms with E-state index < -0.39 is 0 Å². The van der Waals surface area contributed by atoms with Gasteiger partial charge in [-0.1, -0.05) is 52.2 Å². The topological polar surface area (TPSA) is 3.88 Å². The molecule has 0 N–H and O–H groups in total. The van der Waals surface area contributed by atoms with E-state index in [0.29, 0.717) is 0 Å². The van der Waals surface area contributed by atoms with Gasteiger partial charge in [0.2, 0.25) is 5.69 Å². The van der Waals surface area contributed by atoms with Crippen LogP contribution in [0.25, 0.3) is 11.3 Å². The molecule has 0 bridgehead atoms. The molecule has 128 valence electrons. The summed E-state index contributed by atoms with van der Waals surface area (Å²) in [5.41, 5.74) is 7.13. The van der Waals surface area contributed by atoms with Gasteiger partial charge in [-0.3, -0.25) is 0 Å². The van der Waals surface area contributed by atoms with Gasteiger partial charge < -0.3 is 0 Å². The zero-order valence-electron chi connectivity index (χ0n) is 16.0. The number of rotatable bonds is 2. The molecule has 1 aromatic carbocycles. The van der Waals surface area contributed by atoms with Crippen molar-refractivity contribution in [2.24, 2.45) is 7.05 Å². The predicted octanol–water partition coefficient (Wildman–Crippen LogP) is 5.83. The lowest BCUT2D eigenvalue weighted by Gasteiger charge is -2.22. The maximum atomic E-state index is 2.38. The van der Waals surface area contributed by atoms with Gasteiger partial charge in [-0.25, -0.2) is 4.57 Å². The Morgan fingerprint density at radius 2 is 1.67 bits per heavy atom. The predicted molar refractivity (Wildman–Crippen MR) is 102 cm³/mol. The molecule has 0 amide bonds. The van der Waals surface area contributed by atoms with Crippen LogP contribution in [0, 0.1) is 6.92 Å². The Hall–Kier alpha value is -1.63. The van der Waals surface area contributed by atoms with E-state index in [1.165, 1.54) is 60.1 Å². The van der Waals surface area contributed by atoms with Crippen LogP contribution in [0.1, 0.15) is 75.5 Å². The number of aromatic nitrogens is 1. The van der Waals surface area contributed by atoms with Crippen molar-refractivity contribution in [3.63, 3.8) is 0 Å². The van der Waals surface area contributed by atoms with E-state index >= 15 is 0 Å². The van der Waals surface area contributed by atoms with Gasteiger partial charge >= 0.3 is 0 Å². The molecule has 1 saturated carbocycles. The fourth-order valence-electron chi connectivity index (χ4n) is 3.95. The van der Waals surface area contributed by atoms with E-state index in [0.717, 1.165) is 5.92 Å². The van der Waals surface area contributed by atoms with Gasteiger partial charge in [-0.2, -0.15) is 0 Å². The summed E-state index contributed by atoms with van der Waals surface area (Å²) in [7, 11) is 2.20. The molecule has 0 saturated heterocycles. The second-order valence-corrected chi connectivity index (χ2v) is 8.57. The third kappa shape index (κ3) is 3.55. The Morgan fingerprint density at radius 3 is 2.29 bits per heavy atom. The van der Waals surface area contributed by atoms with Crippen molar-refractivity contribution in [3.8, 4) is 11.3 Å². The Balaban J connectivity index is 1.98. The molecule has 3 rings (SSSR count). The van der Waals surface area contributed by atoms with Gasteiger partial charge in [-0.15, -0.1) is 0 Å². The molecule has 0 spiro atoms. The van der Waals surface area contributed by atoms with Gasteiger partial charge in [0.15, 0.2) is 6.20 Å². The van der Waals surface area contributed by atoms with Gasteiger partial charge in [-0.05, 0) is 54.4 Å². The molecule has 24 heavy (non-hydrogen) atoms. The highest BCUT2D eigenvalue weighted by Gasteiger charge is 2.21. The van der Waals surface area contributed by atoms with E-state index in [-0.39, 0.29) is 5.41 Å². The first kappa shape index (κ1) is 17.2. The lowest BCUT2D eigenvalue weighted by Crippen LogP contribution is -2.32. The molecule has 0 aliphatic heterocycles. The molecule has 1 heteroatoms. The van der Waals surface area contributed by atoms with Crippen LogP contribution < -0.4 is 4.57 Å². The van der Waals surface area contributed by atoms with Crippen LogP contribution in [0.15, 0.2) is 36.5 Å². The molecule has 1 aliphatic rings. The third-order valence-electron chi connectivity index (χ3n) is 5.61. The van der Waals surface area contributed by atoms with E-state index in [9.17, 15) is 0 Å². The Kier molecular flexibility index (Phi) is 4.80. The van der Waals surface area contributed by atoms with Crippen molar-refractivity contribution in [2.45, 2.75) is 71.1 Å². The van der Waals surface area contributed by atoms with Crippen LogP contribution >= 0.6 is 0 Å². The number of nitrogens with zero attached hydrogens (tertiary/aromatic N) is 1. The summed E-state index contributed by atoms with van der Waals surface area (Å²) in [6.07, 6.45) is 9.29. The Labute approximate surface area is 147 Å². The highest BCUT2D eigenvalue weighted by Crippen LogP contribution is 2.33. The zero-order chi connectivity index (χ0) is 17.3. The van der Waals surface area contributed by atoms with Crippen molar-refractivity contribution in [1.82, 2.24) is 0 Å². The highest BCUT2D eigenvalue weighted by atomic mass is 14.9. The summed E-state index contributed by atoms with van der Waals surface area (Å²) in [6, 6.07) is 11.6. The second kappa shape index (κ2) is 6.70. The van der Waals surface area contributed by atoms with Crippen LogP contribution in [0.4, 0.5) is 0 Å². The number of pyridine rings is 1. The lowest BCUT2D eigenvalue weighted by molar-refractivity contribution is -0.660.